The number of nitrogens with zero attached hydrogens (tertiary/aromatic N) is 3. The molecule has 0 aliphatic heterocycles. The molecule has 0 aliphatic carbocycles. The number of H-pyrrole nitrogens is 1. The largest absolute Gasteiger partial charge is 0.458 e. The highest BCUT2D eigenvalue weighted by atomic mass is 19.1. The van der Waals surface area contributed by atoms with E-state index in [1.54, 1.807) is 36.7 Å². The predicted molar refractivity (Wildman–Crippen MR) is 116 cm³/mol. The van der Waals surface area contributed by atoms with Gasteiger partial charge in [-0.1, -0.05) is 31.2 Å². The summed E-state index contributed by atoms with van der Waals surface area (Å²) >= 11 is 0. The summed E-state index contributed by atoms with van der Waals surface area (Å²) in [6.45, 7) is 1.97. The molecule has 0 saturated carbocycles. The number of aromatic amines is 1. The van der Waals surface area contributed by atoms with Gasteiger partial charge in [-0.2, -0.15) is 0 Å². The second-order valence-electron chi connectivity index (χ2n) is 7.11. The number of nitrogens with one attached hydrogen (secondary N) is 2. The van der Waals surface area contributed by atoms with Crippen molar-refractivity contribution < 1.29 is 8.81 Å². The first-order chi connectivity index (χ1) is 15.2. The number of hydrogen-bond acceptors (Lipinski definition) is 6. The van der Waals surface area contributed by atoms with Crippen LogP contribution in [0.2, 0.25) is 0 Å². The molecule has 3 heterocycles. The number of para-hydroxylation sites is 1. The van der Waals surface area contributed by atoms with E-state index < -0.39 is 11.9 Å². The Morgan fingerprint density at radius 1 is 1.13 bits per heavy atom. The summed E-state index contributed by atoms with van der Waals surface area (Å²) in [4.78, 5) is 29.1. The molecule has 0 bridgehead atoms. The van der Waals surface area contributed by atoms with Gasteiger partial charge in [-0.15, -0.1) is 0 Å². The minimum absolute atomic E-state index is 0.211. The molecule has 0 radical (unpaired) electrons. The van der Waals surface area contributed by atoms with Gasteiger partial charge in [0.05, 0.1) is 23.3 Å². The Labute approximate surface area is 176 Å². The minimum atomic E-state index is -0.424. The molecule has 0 spiro atoms. The number of benzene rings is 2. The highest BCUT2D eigenvalue weighted by molar-refractivity contribution is 5.84. The Morgan fingerprint density at radius 3 is 2.84 bits per heavy atom. The monoisotopic (exact) mass is 415 g/mol. The summed E-state index contributed by atoms with van der Waals surface area (Å²) in [7, 11) is 0. The first-order valence-electron chi connectivity index (χ1n) is 9.88. The van der Waals surface area contributed by atoms with E-state index in [1.807, 2.05) is 13.0 Å². The lowest BCUT2D eigenvalue weighted by Gasteiger charge is -2.20. The lowest BCUT2D eigenvalue weighted by Crippen LogP contribution is -2.17. The standard InChI is InChI=1S/C23H18FN5O2/c1-2-16(29-23-19-22(26-11-25-19)27-12-28-23)21-18(13-6-5-7-14(24)10-13)20(30)15-8-3-4-9-17(15)31-21/h3-12,16H,2H2,1H3,(H2,25,26,27,28,29). The lowest BCUT2D eigenvalue weighted by atomic mass is 9.97. The zero-order valence-corrected chi connectivity index (χ0v) is 16.6. The van der Waals surface area contributed by atoms with Gasteiger partial charge < -0.3 is 14.7 Å². The van der Waals surface area contributed by atoms with Gasteiger partial charge in [0, 0.05) is 0 Å². The van der Waals surface area contributed by atoms with E-state index in [4.69, 9.17) is 4.42 Å². The van der Waals surface area contributed by atoms with Crippen LogP contribution in [0.4, 0.5) is 10.2 Å². The number of hydrogen-bond donors (Lipinski definition) is 2. The molecule has 2 aromatic carbocycles. The smallest absolute Gasteiger partial charge is 0.200 e. The summed E-state index contributed by atoms with van der Waals surface area (Å²) in [6, 6.07) is 12.6. The van der Waals surface area contributed by atoms with E-state index in [2.05, 4.69) is 25.3 Å². The van der Waals surface area contributed by atoms with Crippen molar-refractivity contribution >= 4 is 28.0 Å². The van der Waals surface area contributed by atoms with Crippen molar-refractivity contribution in [1.82, 2.24) is 19.9 Å². The second kappa shape index (κ2) is 7.64. The van der Waals surface area contributed by atoms with Crippen molar-refractivity contribution in [3.63, 3.8) is 0 Å². The average Bonchev–Trinajstić information content (AvgIpc) is 3.27. The van der Waals surface area contributed by atoms with E-state index in [0.717, 1.165) is 0 Å². The summed E-state index contributed by atoms with van der Waals surface area (Å²) in [5, 5.41) is 3.78. The van der Waals surface area contributed by atoms with Crippen LogP contribution in [0.3, 0.4) is 0 Å². The Kier molecular flexibility index (Phi) is 4.66. The number of imidazole rings is 1. The molecule has 154 valence electrons. The van der Waals surface area contributed by atoms with Crippen LogP contribution in [0, 0.1) is 5.82 Å². The van der Waals surface area contributed by atoms with Crippen LogP contribution in [0.5, 0.6) is 0 Å². The van der Waals surface area contributed by atoms with Crippen LogP contribution in [0.25, 0.3) is 33.3 Å². The van der Waals surface area contributed by atoms with E-state index in [0.29, 0.717) is 51.3 Å². The van der Waals surface area contributed by atoms with Crippen molar-refractivity contribution in [3.05, 3.63) is 83.0 Å². The molecule has 1 atom stereocenters. The molecule has 0 amide bonds. The van der Waals surface area contributed by atoms with Crippen molar-refractivity contribution in [2.45, 2.75) is 19.4 Å². The molecular weight excluding hydrogens is 397 g/mol. The molecule has 2 N–H and O–H groups in total. The normalized spacial score (nSPS) is 12.3. The molecule has 3 aromatic heterocycles. The predicted octanol–water partition coefficient (Wildman–Crippen LogP) is 4.83. The fourth-order valence-corrected chi connectivity index (χ4v) is 3.71. The molecule has 7 nitrogen and oxygen atoms in total. The van der Waals surface area contributed by atoms with E-state index >= 15 is 0 Å². The van der Waals surface area contributed by atoms with Crippen molar-refractivity contribution in [3.8, 4) is 11.1 Å². The zero-order valence-electron chi connectivity index (χ0n) is 16.6. The summed E-state index contributed by atoms with van der Waals surface area (Å²) in [5.74, 6) is 0.533. The van der Waals surface area contributed by atoms with Gasteiger partial charge in [-0.3, -0.25) is 4.79 Å². The zero-order chi connectivity index (χ0) is 21.4. The fourth-order valence-electron chi connectivity index (χ4n) is 3.71. The third-order valence-electron chi connectivity index (χ3n) is 5.20. The van der Waals surface area contributed by atoms with Crippen molar-refractivity contribution in [2.24, 2.45) is 0 Å². The van der Waals surface area contributed by atoms with Crippen molar-refractivity contribution in [1.29, 1.82) is 0 Å². The summed E-state index contributed by atoms with van der Waals surface area (Å²) < 4.78 is 20.3. The van der Waals surface area contributed by atoms with Gasteiger partial charge in [0.1, 0.15) is 29.0 Å². The third-order valence-corrected chi connectivity index (χ3v) is 5.20. The fraction of sp³-hybridized carbons (Fsp3) is 0.130. The molecule has 0 aliphatic rings. The maximum Gasteiger partial charge on any atom is 0.200 e. The first-order valence-corrected chi connectivity index (χ1v) is 9.88. The highest BCUT2D eigenvalue weighted by Crippen LogP contribution is 2.33. The van der Waals surface area contributed by atoms with Gasteiger partial charge >= 0.3 is 0 Å². The lowest BCUT2D eigenvalue weighted by molar-refractivity contribution is 0.495. The minimum Gasteiger partial charge on any atom is -0.458 e. The van der Waals surface area contributed by atoms with Gasteiger partial charge in [-0.05, 0) is 36.2 Å². The quantitative estimate of drug-likeness (QED) is 0.427. The van der Waals surface area contributed by atoms with Crippen LogP contribution >= 0.6 is 0 Å². The molecule has 5 rings (SSSR count). The van der Waals surface area contributed by atoms with Crippen LogP contribution in [0.15, 0.2) is 70.4 Å². The van der Waals surface area contributed by atoms with Gasteiger partial charge in [-0.25, -0.2) is 19.3 Å². The molecule has 31 heavy (non-hydrogen) atoms. The SMILES string of the molecule is CCC(Nc1ncnc2nc[nH]c12)c1oc2ccccc2c(=O)c1-c1cccc(F)c1. The first kappa shape index (κ1) is 18.9. The second-order valence-corrected chi connectivity index (χ2v) is 7.11. The topological polar surface area (TPSA) is 96.7 Å². The Bertz CT molecular complexity index is 1460. The Hall–Kier alpha value is -4.07. The molecular formula is C23H18FN5O2. The van der Waals surface area contributed by atoms with E-state index in [1.165, 1.54) is 18.5 Å². The molecule has 0 fully saturated rings. The van der Waals surface area contributed by atoms with E-state index in [-0.39, 0.29) is 5.43 Å². The summed E-state index contributed by atoms with van der Waals surface area (Å²) in [5.41, 5.74) is 2.22. The molecule has 1 unspecified atom stereocenters. The Balaban J connectivity index is 1.72. The highest BCUT2D eigenvalue weighted by Gasteiger charge is 2.24. The maximum absolute atomic E-state index is 14.0. The number of halogens is 1. The summed E-state index contributed by atoms with van der Waals surface area (Å²) in [6.07, 6.45) is 3.55. The van der Waals surface area contributed by atoms with Gasteiger partial charge in [0.15, 0.2) is 11.5 Å². The number of anilines is 1. The average molecular weight is 415 g/mol. The van der Waals surface area contributed by atoms with Crippen LogP contribution in [-0.4, -0.2) is 19.9 Å². The number of rotatable bonds is 5. The van der Waals surface area contributed by atoms with Gasteiger partial charge in [0.2, 0.25) is 5.43 Å². The third kappa shape index (κ3) is 3.31. The molecule has 0 saturated heterocycles. The van der Waals surface area contributed by atoms with Crippen LogP contribution in [-0.2, 0) is 0 Å². The van der Waals surface area contributed by atoms with Crippen molar-refractivity contribution in [2.75, 3.05) is 5.32 Å². The molecule has 5 aromatic rings. The maximum atomic E-state index is 14.0. The number of fused-ring (bicyclic) bond motifs is 2. The molecule has 8 heteroatoms. The van der Waals surface area contributed by atoms with Gasteiger partial charge in [0.25, 0.3) is 0 Å². The van der Waals surface area contributed by atoms with E-state index in [9.17, 15) is 9.18 Å². The Morgan fingerprint density at radius 2 is 2.00 bits per heavy atom. The number of aromatic nitrogens is 4. The van der Waals surface area contributed by atoms with Crippen LogP contribution < -0.4 is 10.7 Å². The van der Waals surface area contributed by atoms with Crippen LogP contribution in [0.1, 0.15) is 25.1 Å².